The van der Waals surface area contributed by atoms with Crippen LogP contribution in [0.2, 0.25) is 0 Å². The molecular weight excluding hydrogens is 404 g/mol. The number of hydrogen-bond donors (Lipinski definition) is 2. The molecule has 1 aliphatic rings. The minimum atomic E-state index is -3.90. The Bertz CT molecular complexity index is 1030. The summed E-state index contributed by atoms with van der Waals surface area (Å²) in [7, 11) is -0.985. The fourth-order valence-electron chi connectivity index (χ4n) is 3.83. The van der Waals surface area contributed by atoms with Crippen LogP contribution in [0.25, 0.3) is 0 Å². The van der Waals surface area contributed by atoms with E-state index < -0.39 is 27.6 Å². The van der Waals surface area contributed by atoms with Gasteiger partial charge < -0.3 is 14.8 Å². The van der Waals surface area contributed by atoms with Crippen molar-refractivity contribution in [3.05, 3.63) is 53.6 Å². The molecule has 1 aliphatic heterocycles. The number of rotatable bonds is 7. The summed E-state index contributed by atoms with van der Waals surface area (Å²) in [5, 5.41) is 2.50. The summed E-state index contributed by atoms with van der Waals surface area (Å²) >= 11 is 0. The Morgan fingerprint density at radius 1 is 1.20 bits per heavy atom. The van der Waals surface area contributed by atoms with E-state index in [4.69, 9.17) is 9.47 Å². The topological polar surface area (TPSA) is 93.7 Å². The van der Waals surface area contributed by atoms with Crippen molar-refractivity contribution in [1.82, 2.24) is 10.0 Å². The molecule has 8 heteroatoms. The van der Waals surface area contributed by atoms with Crippen molar-refractivity contribution in [2.24, 2.45) is 0 Å². The van der Waals surface area contributed by atoms with Gasteiger partial charge in [0.2, 0.25) is 10.0 Å². The van der Waals surface area contributed by atoms with Crippen LogP contribution in [0.1, 0.15) is 55.1 Å². The number of hydrogen-bond acceptors (Lipinski definition) is 5. The number of nitrogens with one attached hydrogen (secondary N) is 2. The normalized spacial score (nSPS) is 17.5. The van der Waals surface area contributed by atoms with Gasteiger partial charge in [0, 0.05) is 19.0 Å². The third-order valence-corrected chi connectivity index (χ3v) is 7.21. The number of sulfonamides is 1. The fourth-order valence-corrected chi connectivity index (χ4v) is 5.07. The molecule has 2 aromatic rings. The molecule has 0 saturated heterocycles. The number of ether oxygens (including phenoxy) is 2. The highest BCUT2D eigenvalue weighted by atomic mass is 32.2. The van der Waals surface area contributed by atoms with E-state index in [2.05, 4.69) is 10.0 Å². The molecule has 0 radical (unpaired) electrons. The Kier molecular flexibility index (Phi) is 6.38. The maximum atomic E-state index is 13.2. The maximum Gasteiger partial charge on any atom is 0.254 e. The molecular formula is C22H28N2O5S. The lowest BCUT2D eigenvalue weighted by Gasteiger charge is -2.41. The van der Waals surface area contributed by atoms with Gasteiger partial charge in [0.05, 0.1) is 23.6 Å². The molecule has 2 N–H and O–H groups in total. The minimum Gasteiger partial charge on any atom is -0.496 e. The van der Waals surface area contributed by atoms with Gasteiger partial charge >= 0.3 is 0 Å². The number of para-hydroxylation sites is 1. The van der Waals surface area contributed by atoms with Crippen LogP contribution in [0.5, 0.6) is 11.5 Å². The predicted octanol–water partition coefficient (Wildman–Crippen LogP) is 3.42. The number of benzene rings is 2. The first kappa shape index (κ1) is 22.1. The molecule has 1 atom stereocenters. The van der Waals surface area contributed by atoms with Crippen LogP contribution >= 0.6 is 0 Å². The summed E-state index contributed by atoms with van der Waals surface area (Å²) in [6.45, 7) is 4.09. The summed E-state index contributed by atoms with van der Waals surface area (Å²) in [5.41, 5.74) is 0.527. The molecule has 1 unspecified atom stereocenters. The highest BCUT2D eigenvalue weighted by Gasteiger charge is 2.40. The van der Waals surface area contributed by atoms with Crippen molar-refractivity contribution in [1.29, 1.82) is 0 Å². The Hall–Kier alpha value is -2.58. The standard InChI is InChI=1S/C22H28N2O5S/c1-5-22(6-2)14-18(16-9-7-8-10-20(16)29-22)24-30(26,27)15-11-12-19(28-4)17(13-15)21(25)23-3/h7-13,18,24H,5-6,14H2,1-4H3,(H,23,25). The first-order valence-corrected chi connectivity index (χ1v) is 11.5. The van der Waals surface area contributed by atoms with E-state index >= 15 is 0 Å². The van der Waals surface area contributed by atoms with E-state index in [0.717, 1.165) is 18.4 Å². The first-order chi connectivity index (χ1) is 14.3. The van der Waals surface area contributed by atoms with Crippen LogP contribution < -0.4 is 19.5 Å². The van der Waals surface area contributed by atoms with Gasteiger partial charge in [0.15, 0.2) is 0 Å². The smallest absolute Gasteiger partial charge is 0.254 e. The lowest BCUT2D eigenvalue weighted by molar-refractivity contribution is 0.0260. The molecule has 0 aromatic heterocycles. The second-order valence-corrected chi connectivity index (χ2v) is 9.06. The third-order valence-electron chi connectivity index (χ3n) is 5.74. The summed E-state index contributed by atoms with van der Waals surface area (Å²) in [6, 6.07) is 11.3. The molecule has 0 bridgehead atoms. The van der Waals surface area contributed by atoms with Crippen LogP contribution in [0, 0.1) is 0 Å². The van der Waals surface area contributed by atoms with Gasteiger partial charge in [-0.15, -0.1) is 0 Å². The van der Waals surface area contributed by atoms with Crippen molar-refractivity contribution in [3.8, 4) is 11.5 Å². The average molecular weight is 433 g/mol. The summed E-state index contributed by atoms with van der Waals surface area (Å²) < 4.78 is 40.8. The number of fused-ring (bicyclic) bond motifs is 1. The van der Waals surface area contributed by atoms with Crippen molar-refractivity contribution < 1.29 is 22.7 Å². The van der Waals surface area contributed by atoms with Gasteiger partial charge in [-0.25, -0.2) is 13.1 Å². The Labute approximate surface area is 177 Å². The molecule has 0 fully saturated rings. The van der Waals surface area contributed by atoms with E-state index in [9.17, 15) is 13.2 Å². The molecule has 2 aromatic carbocycles. The van der Waals surface area contributed by atoms with Crippen LogP contribution in [0.3, 0.4) is 0 Å². The summed E-state index contributed by atoms with van der Waals surface area (Å²) in [4.78, 5) is 12.2. The van der Waals surface area contributed by atoms with Crippen molar-refractivity contribution in [2.45, 2.75) is 49.6 Å². The number of carbonyl (C=O) groups is 1. The van der Waals surface area contributed by atoms with Crippen molar-refractivity contribution in [3.63, 3.8) is 0 Å². The SMILES string of the molecule is CCC1(CC)CC(NS(=O)(=O)c2ccc(OC)c(C(=O)NC)c2)c2ccccc2O1. The number of methoxy groups -OCH3 is 1. The van der Waals surface area contributed by atoms with Gasteiger partial charge in [-0.05, 0) is 37.1 Å². The van der Waals surface area contributed by atoms with Gasteiger partial charge in [0.1, 0.15) is 17.1 Å². The molecule has 1 heterocycles. The first-order valence-electron chi connectivity index (χ1n) is 9.99. The Morgan fingerprint density at radius 2 is 1.90 bits per heavy atom. The lowest BCUT2D eigenvalue weighted by atomic mass is 9.84. The minimum absolute atomic E-state index is 0.00414. The number of carbonyl (C=O) groups excluding carboxylic acids is 1. The maximum absolute atomic E-state index is 13.2. The number of amides is 1. The average Bonchev–Trinajstić information content (AvgIpc) is 2.77. The quantitative estimate of drug-likeness (QED) is 0.699. The molecule has 30 heavy (non-hydrogen) atoms. The predicted molar refractivity (Wildman–Crippen MR) is 114 cm³/mol. The van der Waals surface area contributed by atoms with Crippen LogP contribution in [-0.2, 0) is 10.0 Å². The van der Waals surface area contributed by atoms with Crippen LogP contribution in [0.15, 0.2) is 47.4 Å². The zero-order valence-corrected chi connectivity index (χ0v) is 18.5. The van der Waals surface area contributed by atoms with Crippen molar-refractivity contribution >= 4 is 15.9 Å². The second kappa shape index (κ2) is 8.65. The zero-order chi connectivity index (χ0) is 21.9. The molecule has 0 aliphatic carbocycles. The Morgan fingerprint density at radius 3 is 2.53 bits per heavy atom. The van der Waals surface area contributed by atoms with E-state index in [1.807, 2.05) is 38.1 Å². The second-order valence-electron chi connectivity index (χ2n) is 7.35. The highest BCUT2D eigenvalue weighted by molar-refractivity contribution is 7.89. The molecule has 0 saturated carbocycles. The lowest BCUT2D eigenvalue weighted by Crippen LogP contribution is -2.44. The highest BCUT2D eigenvalue weighted by Crippen LogP contribution is 2.43. The van der Waals surface area contributed by atoms with Crippen LogP contribution in [0.4, 0.5) is 0 Å². The molecule has 0 spiro atoms. The zero-order valence-electron chi connectivity index (χ0n) is 17.7. The molecule has 7 nitrogen and oxygen atoms in total. The molecule has 1 amide bonds. The largest absolute Gasteiger partial charge is 0.496 e. The Balaban J connectivity index is 1.99. The van der Waals surface area contributed by atoms with Gasteiger partial charge in [-0.3, -0.25) is 4.79 Å². The monoisotopic (exact) mass is 432 g/mol. The van der Waals surface area contributed by atoms with Crippen LogP contribution in [-0.4, -0.2) is 34.1 Å². The van der Waals surface area contributed by atoms with Gasteiger partial charge in [0.25, 0.3) is 5.91 Å². The van der Waals surface area contributed by atoms with E-state index in [1.165, 1.54) is 32.4 Å². The fraction of sp³-hybridized carbons (Fsp3) is 0.409. The molecule has 3 rings (SSSR count). The summed E-state index contributed by atoms with van der Waals surface area (Å²) in [5.74, 6) is 0.581. The summed E-state index contributed by atoms with van der Waals surface area (Å²) in [6.07, 6.45) is 2.05. The van der Waals surface area contributed by atoms with E-state index in [0.29, 0.717) is 17.9 Å². The third kappa shape index (κ3) is 4.15. The molecule has 162 valence electrons. The van der Waals surface area contributed by atoms with Gasteiger partial charge in [-0.2, -0.15) is 0 Å². The van der Waals surface area contributed by atoms with E-state index in [-0.39, 0.29) is 10.5 Å². The van der Waals surface area contributed by atoms with Crippen molar-refractivity contribution in [2.75, 3.05) is 14.2 Å². The van der Waals surface area contributed by atoms with Gasteiger partial charge in [-0.1, -0.05) is 32.0 Å². The van der Waals surface area contributed by atoms with E-state index in [1.54, 1.807) is 0 Å².